The van der Waals surface area contributed by atoms with Crippen LogP contribution >= 0.6 is 15.9 Å². The van der Waals surface area contributed by atoms with Crippen molar-refractivity contribution >= 4 is 33.6 Å². The lowest BCUT2D eigenvalue weighted by atomic mass is 10.1. The number of anilines is 1. The van der Waals surface area contributed by atoms with E-state index in [4.69, 9.17) is 9.47 Å². The number of benzene rings is 1. The molecule has 1 heterocycles. The maximum Gasteiger partial charge on any atom is 0.262 e. The number of amides is 1. The van der Waals surface area contributed by atoms with E-state index in [1.165, 1.54) is 0 Å². The summed E-state index contributed by atoms with van der Waals surface area (Å²) in [5.41, 5.74) is 1.72. The number of nitrogens with zero attached hydrogens (tertiary/aromatic N) is 2. The van der Waals surface area contributed by atoms with Gasteiger partial charge < -0.3 is 19.7 Å². The Kier molecular flexibility index (Phi) is 8.14. The van der Waals surface area contributed by atoms with E-state index in [2.05, 4.69) is 40.0 Å². The van der Waals surface area contributed by atoms with Crippen LogP contribution in [0.1, 0.15) is 32.3 Å². The van der Waals surface area contributed by atoms with Gasteiger partial charge in [-0.25, -0.2) is 0 Å². The van der Waals surface area contributed by atoms with Gasteiger partial charge in [-0.1, -0.05) is 0 Å². The van der Waals surface area contributed by atoms with Crippen LogP contribution in [0, 0.1) is 11.3 Å². The first-order valence-electron chi connectivity index (χ1n) is 9.18. The van der Waals surface area contributed by atoms with E-state index in [1.807, 2.05) is 18.2 Å². The Morgan fingerprint density at radius 3 is 2.78 bits per heavy atom. The molecule has 0 bridgehead atoms. The lowest BCUT2D eigenvalue weighted by molar-refractivity contribution is -0.117. The zero-order valence-corrected chi connectivity index (χ0v) is 17.6. The predicted octanol–water partition coefficient (Wildman–Crippen LogP) is 3.51. The quantitative estimate of drug-likeness (QED) is 0.499. The molecule has 6 nitrogen and oxygen atoms in total. The number of rotatable bonds is 8. The van der Waals surface area contributed by atoms with E-state index in [1.54, 1.807) is 13.2 Å². The molecular formula is C20H26BrN3O3. The van der Waals surface area contributed by atoms with Gasteiger partial charge in [0, 0.05) is 42.3 Å². The molecule has 1 atom stereocenters. The molecule has 2 rings (SSSR count). The molecule has 1 aromatic carbocycles. The topological polar surface area (TPSA) is 74.6 Å². The van der Waals surface area contributed by atoms with E-state index >= 15 is 0 Å². The van der Waals surface area contributed by atoms with Crippen LogP contribution in [0.2, 0.25) is 0 Å². The maximum absolute atomic E-state index is 12.4. The molecule has 0 aliphatic carbocycles. The number of carbonyl (C=O) groups is 1. The van der Waals surface area contributed by atoms with Gasteiger partial charge in [-0.3, -0.25) is 4.79 Å². The van der Waals surface area contributed by atoms with Crippen molar-refractivity contribution in [3.05, 3.63) is 27.7 Å². The summed E-state index contributed by atoms with van der Waals surface area (Å²) in [5.74, 6) is 0.207. The van der Waals surface area contributed by atoms with Crippen LogP contribution in [-0.4, -0.2) is 45.4 Å². The highest BCUT2D eigenvalue weighted by molar-refractivity contribution is 9.10. The van der Waals surface area contributed by atoms with Crippen molar-refractivity contribution in [1.29, 1.82) is 5.26 Å². The third kappa shape index (κ3) is 5.47. The van der Waals surface area contributed by atoms with Crippen LogP contribution in [0.15, 0.2) is 22.2 Å². The van der Waals surface area contributed by atoms with Gasteiger partial charge in [-0.15, -0.1) is 0 Å². The molecular weight excluding hydrogens is 410 g/mol. The Hall–Kier alpha value is -2.04. The Labute approximate surface area is 169 Å². The minimum Gasteiger partial charge on any atom is -0.496 e. The lowest BCUT2D eigenvalue weighted by Gasteiger charge is -2.23. The number of nitrogens with one attached hydrogen (secondary N) is 1. The molecule has 1 saturated heterocycles. The van der Waals surface area contributed by atoms with E-state index < -0.39 is 5.91 Å². The molecule has 1 aliphatic rings. The molecule has 1 aromatic rings. The molecule has 1 aliphatic heterocycles. The van der Waals surface area contributed by atoms with Crippen LogP contribution in [0.3, 0.4) is 0 Å². The van der Waals surface area contributed by atoms with Crippen molar-refractivity contribution in [1.82, 2.24) is 5.32 Å². The molecule has 146 valence electrons. The van der Waals surface area contributed by atoms with Gasteiger partial charge in [0.1, 0.15) is 17.4 Å². The van der Waals surface area contributed by atoms with Crippen molar-refractivity contribution in [3.8, 4) is 11.8 Å². The second-order valence-electron chi connectivity index (χ2n) is 6.23. The normalized spacial score (nSPS) is 16.7. The number of hydrogen-bond donors (Lipinski definition) is 1. The summed E-state index contributed by atoms with van der Waals surface area (Å²) in [7, 11) is 1.58. The van der Waals surface area contributed by atoms with Crippen molar-refractivity contribution in [2.75, 3.05) is 38.3 Å². The molecule has 1 fully saturated rings. The predicted molar refractivity (Wildman–Crippen MR) is 110 cm³/mol. The minimum absolute atomic E-state index is 0.0333. The van der Waals surface area contributed by atoms with Crippen LogP contribution in [0.25, 0.3) is 6.08 Å². The monoisotopic (exact) mass is 435 g/mol. The fourth-order valence-corrected chi connectivity index (χ4v) is 3.68. The number of nitriles is 1. The molecule has 0 unspecified atom stereocenters. The van der Waals surface area contributed by atoms with E-state index in [9.17, 15) is 10.1 Å². The fraction of sp³-hybridized carbons (Fsp3) is 0.500. The van der Waals surface area contributed by atoms with E-state index in [-0.39, 0.29) is 11.7 Å². The summed E-state index contributed by atoms with van der Waals surface area (Å²) in [6.45, 7) is 7.04. The van der Waals surface area contributed by atoms with Gasteiger partial charge in [-0.05, 0) is 54.8 Å². The summed E-state index contributed by atoms with van der Waals surface area (Å²) in [6, 6.07) is 5.77. The highest BCUT2D eigenvalue weighted by Gasteiger charge is 2.18. The summed E-state index contributed by atoms with van der Waals surface area (Å²) >= 11 is 3.59. The summed E-state index contributed by atoms with van der Waals surface area (Å²) < 4.78 is 11.9. The van der Waals surface area contributed by atoms with Crippen LogP contribution in [0.5, 0.6) is 5.75 Å². The average molecular weight is 436 g/mol. The fourth-order valence-electron chi connectivity index (χ4n) is 3.07. The largest absolute Gasteiger partial charge is 0.496 e. The van der Waals surface area contributed by atoms with Gasteiger partial charge in [0.2, 0.25) is 0 Å². The Balaban J connectivity index is 2.24. The van der Waals surface area contributed by atoms with Gasteiger partial charge in [0.25, 0.3) is 5.91 Å². The van der Waals surface area contributed by atoms with Crippen molar-refractivity contribution in [2.45, 2.75) is 32.8 Å². The molecule has 1 N–H and O–H groups in total. The lowest BCUT2D eigenvalue weighted by Crippen LogP contribution is -2.32. The first kappa shape index (κ1) is 21.3. The molecule has 0 radical (unpaired) electrons. The maximum atomic E-state index is 12.4. The van der Waals surface area contributed by atoms with Gasteiger partial charge in [0.15, 0.2) is 0 Å². The Bertz CT molecular complexity index is 733. The number of methoxy groups -OCH3 is 1. The van der Waals surface area contributed by atoms with Crippen LogP contribution in [-0.2, 0) is 9.53 Å². The van der Waals surface area contributed by atoms with Gasteiger partial charge in [0.05, 0.1) is 18.9 Å². The Morgan fingerprint density at radius 2 is 2.22 bits per heavy atom. The standard InChI is InChI=1S/C20H26BrN3O3/c1-4-24(5-2)18-11-19(26-3)14(10-17(18)21)9-15(12-22)20(25)23-13-16-7-6-8-27-16/h9-11,16H,4-8,13H2,1-3H3,(H,23,25)/b15-9+/t16-/m0/s1. The molecule has 0 saturated carbocycles. The van der Waals surface area contributed by atoms with Crippen LogP contribution < -0.4 is 15.0 Å². The summed E-state index contributed by atoms with van der Waals surface area (Å²) in [6.07, 6.45) is 3.52. The minimum atomic E-state index is -0.404. The third-order valence-corrected chi connectivity index (χ3v) is 5.22. The van der Waals surface area contributed by atoms with Crippen molar-refractivity contribution in [3.63, 3.8) is 0 Å². The average Bonchev–Trinajstić information content (AvgIpc) is 3.20. The molecule has 0 aromatic heterocycles. The molecule has 7 heteroatoms. The van der Waals surface area contributed by atoms with Gasteiger partial charge in [-0.2, -0.15) is 5.26 Å². The first-order chi connectivity index (χ1) is 13.0. The SMILES string of the molecule is CCN(CC)c1cc(OC)c(/C=C(\C#N)C(=O)NC[C@@H]2CCCO2)cc1Br. The van der Waals surface area contributed by atoms with Crippen LogP contribution in [0.4, 0.5) is 5.69 Å². The van der Waals surface area contributed by atoms with Crippen molar-refractivity contribution < 1.29 is 14.3 Å². The number of hydrogen-bond acceptors (Lipinski definition) is 5. The number of ether oxygens (including phenoxy) is 2. The molecule has 27 heavy (non-hydrogen) atoms. The number of halogens is 1. The number of carbonyl (C=O) groups excluding carboxylic acids is 1. The highest BCUT2D eigenvalue weighted by atomic mass is 79.9. The second kappa shape index (κ2) is 10.3. The molecule has 1 amide bonds. The Morgan fingerprint density at radius 1 is 1.48 bits per heavy atom. The first-order valence-corrected chi connectivity index (χ1v) is 9.97. The zero-order chi connectivity index (χ0) is 19.8. The summed E-state index contributed by atoms with van der Waals surface area (Å²) in [5, 5.41) is 12.2. The van der Waals surface area contributed by atoms with E-state index in [0.29, 0.717) is 17.9 Å². The van der Waals surface area contributed by atoms with Crippen molar-refractivity contribution in [2.24, 2.45) is 0 Å². The van der Waals surface area contributed by atoms with Gasteiger partial charge >= 0.3 is 0 Å². The van der Waals surface area contributed by atoms with E-state index in [0.717, 1.165) is 42.7 Å². The summed E-state index contributed by atoms with van der Waals surface area (Å²) in [4.78, 5) is 14.6. The zero-order valence-electron chi connectivity index (χ0n) is 16.0. The highest BCUT2D eigenvalue weighted by Crippen LogP contribution is 2.34. The second-order valence-corrected chi connectivity index (χ2v) is 7.09. The molecule has 0 spiro atoms. The third-order valence-electron chi connectivity index (χ3n) is 4.58. The smallest absolute Gasteiger partial charge is 0.262 e.